The number of pyridine rings is 1. The van der Waals surface area contributed by atoms with Crippen molar-refractivity contribution in [3.8, 4) is 0 Å². The first-order valence-electron chi connectivity index (χ1n) is 10.6. The summed E-state index contributed by atoms with van der Waals surface area (Å²) in [5.41, 5.74) is 4.70. The average molecular weight is 470 g/mol. The minimum atomic E-state index is -4.64. The van der Waals surface area contributed by atoms with Crippen molar-refractivity contribution in [1.82, 2.24) is 14.5 Å². The molecule has 174 valence electrons. The highest BCUT2D eigenvalue weighted by Gasteiger charge is 2.42. The van der Waals surface area contributed by atoms with Gasteiger partial charge in [-0.2, -0.15) is 18.2 Å². The van der Waals surface area contributed by atoms with Gasteiger partial charge in [0.25, 0.3) is 5.56 Å². The summed E-state index contributed by atoms with van der Waals surface area (Å²) in [7, 11) is 1.57. The van der Waals surface area contributed by atoms with Crippen LogP contribution in [0.1, 0.15) is 38.3 Å². The van der Waals surface area contributed by atoms with Crippen molar-refractivity contribution in [3.05, 3.63) is 34.4 Å². The molecule has 2 aliphatic rings. The van der Waals surface area contributed by atoms with Crippen molar-refractivity contribution < 1.29 is 17.9 Å². The van der Waals surface area contributed by atoms with Gasteiger partial charge in [-0.25, -0.2) is 0 Å². The second-order valence-corrected chi connectivity index (χ2v) is 9.52. The zero-order chi connectivity index (χ0) is 23.1. The van der Waals surface area contributed by atoms with Gasteiger partial charge in [-0.15, -0.1) is 0 Å². The molecule has 0 bridgehead atoms. The molecule has 2 saturated heterocycles. The molecule has 2 aromatic heterocycles. The second kappa shape index (κ2) is 8.58. The van der Waals surface area contributed by atoms with E-state index in [-0.39, 0.29) is 21.0 Å². The van der Waals surface area contributed by atoms with Crippen LogP contribution in [0.5, 0.6) is 0 Å². The Morgan fingerprint density at radius 1 is 1.34 bits per heavy atom. The van der Waals surface area contributed by atoms with Crippen molar-refractivity contribution >= 4 is 23.5 Å². The van der Waals surface area contributed by atoms with Gasteiger partial charge in [0, 0.05) is 31.2 Å². The molecule has 11 heteroatoms. The Kier molecular flexibility index (Phi) is 6.15. The number of nitrogens with zero attached hydrogens (tertiary/aromatic N) is 4. The average Bonchev–Trinajstić information content (AvgIpc) is 3.17. The first kappa shape index (κ1) is 22.9. The normalized spacial score (nSPS) is 20.8. The molecule has 2 aliphatic heterocycles. The Morgan fingerprint density at radius 2 is 2.06 bits per heavy atom. The Morgan fingerprint density at radius 3 is 2.69 bits per heavy atom. The van der Waals surface area contributed by atoms with Crippen molar-refractivity contribution in [1.29, 1.82) is 0 Å². The summed E-state index contributed by atoms with van der Waals surface area (Å²) < 4.78 is 47.1. The third kappa shape index (κ3) is 4.32. The van der Waals surface area contributed by atoms with Crippen LogP contribution in [-0.4, -0.2) is 40.3 Å². The number of rotatable bonds is 4. The summed E-state index contributed by atoms with van der Waals surface area (Å²) in [6.07, 6.45) is 0.655. The van der Waals surface area contributed by atoms with Gasteiger partial charge >= 0.3 is 6.18 Å². The number of anilines is 2. The van der Waals surface area contributed by atoms with Crippen molar-refractivity contribution in [2.75, 3.05) is 30.3 Å². The van der Waals surface area contributed by atoms with Crippen LogP contribution in [0.4, 0.5) is 24.9 Å². The van der Waals surface area contributed by atoms with Gasteiger partial charge in [0.05, 0.1) is 12.7 Å². The van der Waals surface area contributed by atoms with Crippen LogP contribution >= 0.6 is 11.8 Å². The Labute approximate surface area is 188 Å². The number of piperidine rings is 1. The van der Waals surface area contributed by atoms with E-state index in [9.17, 15) is 18.0 Å². The van der Waals surface area contributed by atoms with Crippen LogP contribution in [0.3, 0.4) is 0 Å². The van der Waals surface area contributed by atoms with Crippen molar-refractivity contribution in [2.24, 2.45) is 12.5 Å². The maximum Gasteiger partial charge on any atom is 0.434 e. The van der Waals surface area contributed by atoms with Gasteiger partial charge in [-0.3, -0.25) is 14.3 Å². The summed E-state index contributed by atoms with van der Waals surface area (Å²) in [6, 6.07) is 2.66. The minimum Gasteiger partial charge on any atom is -0.382 e. The number of aromatic nitrogens is 3. The standard InChI is InChI=1S/C21H26F3N5O2S/c1-3-13-11-20(12-31-13)6-9-29(10-7-20)19-27-17(25)15(18(30)28(19)2)32-14-5-4-8-26-16(14)21(22,23)24/h4-5,8,13H,3,6-7,9-12,25H2,1-2H3/t13-/m0/s1. The maximum atomic E-state index is 13.3. The summed E-state index contributed by atoms with van der Waals surface area (Å²) in [6.45, 7) is 4.32. The number of nitrogen functional groups attached to an aromatic ring is 1. The number of ether oxygens (including phenoxy) is 1. The van der Waals surface area contributed by atoms with Gasteiger partial charge in [-0.1, -0.05) is 18.7 Å². The van der Waals surface area contributed by atoms with Crippen LogP contribution in [-0.2, 0) is 18.0 Å². The molecule has 4 rings (SSSR count). The molecule has 4 heterocycles. The maximum absolute atomic E-state index is 13.3. The Bertz CT molecular complexity index is 1050. The van der Waals surface area contributed by atoms with Crippen LogP contribution < -0.4 is 16.2 Å². The van der Waals surface area contributed by atoms with Crippen molar-refractivity contribution in [3.63, 3.8) is 0 Å². The molecular formula is C21H26F3N5O2S. The van der Waals surface area contributed by atoms with E-state index in [0.29, 0.717) is 36.9 Å². The molecule has 7 nitrogen and oxygen atoms in total. The van der Waals surface area contributed by atoms with Crippen molar-refractivity contribution in [2.45, 2.75) is 54.7 Å². The topological polar surface area (TPSA) is 86.3 Å². The summed E-state index contributed by atoms with van der Waals surface area (Å²) >= 11 is 0.643. The number of hydrogen-bond donors (Lipinski definition) is 1. The van der Waals surface area contributed by atoms with E-state index >= 15 is 0 Å². The monoisotopic (exact) mass is 469 g/mol. The molecule has 32 heavy (non-hydrogen) atoms. The van der Waals surface area contributed by atoms with Gasteiger partial charge in [0.1, 0.15) is 10.7 Å². The third-order valence-electron chi connectivity index (χ3n) is 6.35. The predicted octanol–water partition coefficient (Wildman–Crippen LogP) is 3.71. The van der Waals surface area contributed by atoms with E-state index in [1.165, 1.54) is 16.7 Å². The molecule has 0 radical (unpaired) electrons. The molecule has 0 amide bonds. The first-order valence-corrected chi connectivity index (χ1v) is 11.4. The second-order valence-electron chi connectivity index (χ2n) is 8.47. The number of halogens is 3. The molecule has 2 aromatic rings. The molecule has 1 atom stereocenters. The fraction of sp³-hybridized carbons (Fsp3) is 0.571. The lowest BCUT2D eigenvalue weighted by Gasteiger charge is -2.39. The van der Waals surface area contributed by atoms with Crippen LogP contribution in [0, 0.1) is 5.41 Å². The summed E-state index contributed by atoms with van der Waals surface area (Å²) in [5.74, 6) is 0.348. The highest BCUT2D eigenvalue weighted by Crippen LogP contribution is 2.43. The predicted molar refractivity (Wildman–Crippen MR) is 116 cm³/mol. The molecule has 2 N–H and O–H groups in total. The largest absolute Gasteiger partial charge is 0.434 e. The highest BCUT2D eigenvalue weighted by molar-refractivity contribution is 7.99. The van der Waals surface area contributed by atoms with Gasteiger partial charge < -0.3 is 15.4 Å². The lowest BCUT2D eigenvalue weighted by Crippen LogP contribution is -2.43. The molecule has 0 aromatic carbocycles. The Balaban J connectivity index is 1.57. The fourth-order valence-electron chi connectivity index (χ4n) is 4.45. The molecule has 0 aliphatic carbocycles. The van der Waals surface area contributed by atoms with E-state index in [2.05, 4.69) is 16.9 Å². The third-order valence-corrected chi connectivity index (χ3v) is 7.49. The molecular weight excluding hydrogens is 443 g/mol. The lowest BCUT2D eigenvalue weighted by atomic mass is 9.76. The van der Waals surface area contributed by atoms with Gasteiger partial charge in [0.2, 0.25) is 5.95 Å². The lowest BCUT2D eigenvalue weighted by molar-refractivity contribution is -0.143. The summed E-state index contributed by atoms with van der Waals surface area (Å²) in [5, 5.41) is 0. The number of hydrogen-bond acceptors (Lipinski definition) is 7. The zero-order valence-electron chi connectivity index (χ0n) is 18.0. The number of nitrogens with two attached hydrogens (primary N) is 1. The van der Waals surface area contributed by atoms with E-state index in [0.717, 1.165) is 38.5 Å². The first-order chi connectivity index (χ1) is 15.1. The van der Waals surface area contributed by atoms with Crippen LogP contribution in [0.25, 0.3) is 0 Å². The van der Waals surface area contributed by atoms with Gasteiger partial charge in [0.15, 0.2) is 5.69 Å². The highest BCUT2D eigenvalue weighted by atomic mass is 32.2. The van der Waals surface area contributed by atoms with Gasteiger partial charge in [-0.05, 0) is 43.2 Å². The minimum absolute atomic E-state index is 0.0433. The van der Waals surface area contributed by atoms with E-state index < -0.39 is 17.4 Å². The molecule has 1 spiro atoms. The molecule has 0 saturated carbocycles. The zero-order valence-corrected chi connectivity index (χ0v) is 18.8. The quantitative estimate of drug-likeness (QED) is 0.731. The summed E-state index contributed by atoms with van der Waals surface area (Å²) in [4.78, 5) is 22.6. The SMILES string of the molecule is CC[C@H]1CC2(CCN(c3nc(N)c(Sc4cccnc4C(F)(F)F)c(=O)n3C)CC2)CO1. The van der Waals surface area contributed by atoms with E-state index in [4.69, 9.17) is 10.5 Å². The van der Waals surface area contributed by atoms with E-state index in [1.54, 1.807) is 7.05 Å². The van der Waals surface area contributed by atoms with Crippen LogP contribution in [0.2, 0.25) is 0 Å². The molecule has 0 unspecified atom stereocenters. The number of alkyl halides is 3. The molecule has 2 fully saturated rings. The van der Waals surface area contributed by atoms with E-state index in [1.807, 2.05) is 4.90 Å². The van der Waals surface area contributed by atoms with Crippen LogP contribution in [0.15, 0.2) is 32.9 Å². The fourth-order valence-corrected chi connectivity index (χ4v) is 5.45. The smallest absolute Gasteiger partial charge is 0.382 e. The Hall–Kier alpha value is -2.27.